The van der Waals surface area contributed by atoms with Gasteiger partial charge in [0.1, 0.15) is 5.03 Å². The molecule has 0 aliphatic heterocycles. The number of nitrogens with two attached hydrogens (primary N) is 1. The number of hydrogen-bond donors (Lipinski definition) is 2. The monoisotopic (exact) mass is 261 g/mol. The average molecular weight is 261 g/mol. The van der Waals surface area contributed by atoms with E-state index in [4.69, 9.17) is 10.8 Å². The highest BCUT2D eigenvalue weighted by molar-refractivity contribution is 7.99. The zero-order valence-corrected chi connectivity index (χ0v) is 10.4. The Hall–Kier alpha value is -2.08. The van der Waals surface area contributed by atoms with E-state index in [9.17, 15) is 4.79 Å². The first-order chi connectivity index (χ1) is 8.58. The molecule has 2 rings (SSSR count). The molecule has 0 aliphatic rings. The maximum absolute atomic E-state index is 11.1. The number of aryl methyl sites for hydroxylation is 1. The molecule has 0 saturated carbocycles. The predicted molar refractivity (Wildman–Crippen MR) is 68.7 cm³/mol. The number of carboxylic acid groups (broad SMARTS) is 1. The van der Waals surface area contributed by atoms with Gasteiger partial charge in [0.25, 0.3) is 0 Å². The molecule has 92 valence electrons. The third kappa shape index (κ3) is 2.60. The second-order valence-corrected chi connectivity index (χ2v) is 4.75. The standard InChI is InChI=1S/C12H11N3O2S/c1-7-4-8(5-9(11(7)13)12(16)17)18-10-6-14-2-3-15-10/h2-6H,13H2,1H3,(H,16,17). The van der Waals surface area contributed by atoms with Crippen LogP contribution in [-0.2, 0) is 0 Å². The summed E-state index contributed by atoms with van der Waals surface area (Å²) < 4.78 is 0. The van der Waals surface area contributed by atoms with Crippen molar-refractivity contribution >= 4 is 23.4 Å². The van der Waals surface area contributed by atoms with Crippen LogP contribution >= 0.6 is 11.8 Å². The van der Waals surface area contributed by atoms with Crippen molar-refractivity contribution < 1.29 is 9.90 Å². The van der Waals surface area contributed by atoms with Crippen molar-refractivity contribution in [3.63, 3.8) is 0 Å². The minimum absolute atomic E-state index is 0.112. The van der Waals surface area contributed by atoms with E-state index in [1.807, 2.05) is 6.07 Å². The number of anilines is 1. The van der Waals surface area contributed by atoms with Gasteiger partial charge in [-0.2, -0.15) is 0 Å². The SMILES string of the molecule is Cc1cc(Sc2cnccn2)cc(C(=O)O)c1N. The Bertz CT molecular complexity index is 587. The summed E-state index contributed by atoms with van der Waals surface area (Å²) in [7, 11) is 0. The lowest BCUT2D eigenvalue weighted by Crippen LogP contribution is -2.04. The molecule has 0 saturated heterocycles. The Morgan fingerprint density at radius 2 is 2.17 bits per heavy atom. The van der Waals surface area contributed by atoms with Gasteiger partial charge < -0.3 is 10.8 Å². The minimum Gasteiger partial charge on any atom is -0.478 e. The topological polar surface area (TPSA) is 89.1 Å². The lowest BCUT2D eigenvalue weighted by atomic mass is 10.1. The van der Waals surface area contributed by atoms with Crippen LogP contribution in [0.3, 0.4) is 0 Å². The molecule has 1 heterocycles. The van der Waals surface area contributed by atoms with Crippen LogP contribution in [-0.4, -0.2) is 21.0 Å². The summed E-state index contributed by atoms with van der Waals surface area (Å²) in [6.07, 6.45) is 4.79. The third-order valence-corrected chi connectivity index (χ3v) is 3.24. The van der Waals surface area contributed by atoms with Crippen LogP contribution in [0, 0.1) is 6.92 Å². The second-order valence-electron chi connectivity index (χ2n) is 3.65. The minimum atomic E-state index is -1.03. The summed E-state index contributed by atoms with van der Waals surface area (Å²) in [5.41, 5.74) is 6.87. The molecular weight excluding hydrogens is 250 g/mol. The molecule has 3 N–H and O–H groups in total. The molecule has 0 spiro atoms. The van der Waals surface area contributed by atoms with Gasteiger partial charge in [-0.1, -0.05) is 11.8 Å². The van der Waals surface area contributed by atoms with Crippen molar-refractivity contribution in [1.82, 2.24) is 9.97 Å². The van der Waals surface area contributed by atoms with Crippen LogP contribution in [0.25, 0.3) is 0 Å². The second kappa shape index (κ2) is 5.05. The van der Waals surface area contributed by atoms with E-state index in [0.717, 1.165) is 10.5 Å². The average Bonchev–Trinajstić information content (AvgIpc) is 2.34. The largest absolute Gasteiger partial charge is 0.478 e. The Morgan fingerprint density at radius 1 is 1.39 bits per heavy atom. The summed E-state index contributed by atoms with van der Waals surface area (Å²) in [5.74, 6) is -1.03. The predicted octanol–water partition coefficient (Wildman–Crippen LogP) is 2.22. The molecule has 1 aromatic heterocycles. The summed E-state index contributed by atoms with van der Waals surface area (Å²) in [6.45, 7) is 1.78. The number of nitrogen functional groups attached to an aromatic ring is 1. The fourth-order valence-corrected chi connectivity index (χ4v) is 2.34. The summed E-state index contributed by atoms with van der Waals surface area (Å²) >= 11 is 1.35. The number of hydrogen-bond acceptors (Lipinski definition) is 5. The van der Waals surface area contributed by atoms with E-state index < -0.39 is 5.97 Å². The van der Waals surface area contributed by atoms with Gasteiger partial charge in [-0.3, -0.25) is 4.98 Å². The molecule has 0 atom stereocenters. The highest BCUT2D eigenvalue weighted by Crippen LogP contribution is 2.30. The van der Waals surface area contributed by atoms with E-state index >= 15 is 0 Å². The van der Waals surface area contributed by atoms with Crippen molar-refractivity contribution in [3.05, 3.63) is 41.9 Å². The first-order valence-electron chi connectivity index (χ1n) is 5.15. The van der Waals surface area contributed by atoms with Gasteiger partial charge in [0.05, 0.1) is 11.8 Å². The van der Waals surface area contributed by atoms with Crippen LogP contribution in [0.2, 0.25) is 0 Å². The Labute approximate surface area is 108 Å². The molecule has 2 aromatic rings. The quantitative estimate of drug-likeness (QED) is 0.823. The molecule has 0 aliphatic carbocycles. The van der Waals surface area contributed by atoms with E-state index in [1.165, 1.54) is 11.8 Å². The molecule has 18 heavy (non-hydrogen) atoms. The van der Waals surface area contributed by atoms with Crippen molar-refractivity contribution in [2.24, 2.45) is 0 Å². The van der Waals surface area contributed by atoms with Gasteiger partial charge in [0.15, 0.2) is 0 Å². The van der Waals surface area contributed by atoms with Gasteiger partial charge in [-0.25, -0.2) is 9.78 Å². The molecule has 6 heteroatoms. The van der Waals surface area contributed by atoms with Crippen molar-refractivity contribution in [2.45, 2.75) is 16.8 Å². The van der Waals surface area contributed by atoms with Crippen LogP contribution in [0.5, 0.6) is 0 Å². The molecule has 0 fully saturated rings. The molecular formula is C12H11N3O2S. The maximum atomic E-state index is 11.1. The van der Waals surface area contributed by atoms with Gasteiger partial charge in [0.2, 0.25) is 0 Å². The molecule has 0 amide bonds. The fourth-order valence-electron chi connectivity index (χ4n) is 1.46. The molecule has 5 nitrogen and oxygen atoms in total. The molecule has 0 bridgehead atoms. The van der Waals surface area contributed by atoms with Crippen LogP contribution in [0.4, 0.5) is 5.69 Å². The summed E-state index contributed by atoms with van der Waals surface area (Å²) in [5, 5.41) is 9.77. The van der Waals surface area contributed by atoms with Crippen LogP contribution in [0.1, 0.15) is 15.9 Å². The summed E-state index contributed by atoms with van der Waals surface area (Å²) in [6, 6.07) is 3.38. The first-order valence-corrected chi connectivity index (χ1v) is 5.97. The first kappa shape index (κ1) is 12.4. The highest BCUT2D eigenvalue weighted by Gasteiger charge is 2.12. The van der Waals surface area contributed by atoms with Gasteiger partial charge in [-0.15, -0.1) is 0 Å². The number of aromatic carboxylic acids is 1. The number of rotatable bonds is 3. The normalized spacial score (nSPS) is 10.3. The van der Waals surface area contributed by atoms with E-state index in [2.05, 4.69) is 9.97 Å². The Kier molecular flexibility index (Phi) is 3.47. The van der Waals surface area contributed by atoms with Crippen molar-refractivity contribution in [3.8, 4) is 0 Å². The number of carboxylic acids is 1. The fraction of sp³-hybridized carbons (Fsp3) is 0.0833. The summed E-state index contributed by atoms with van der Waals surface area (Å²) in [4.78, 5) is 19.9. The van der Waals surface area contributed by atoms with Crippen molar-refractivity contribution in [1.29, 1.82) is 0 Å². The van der Waals surface area contributed by atoms with Gasteiger partial charge >= 0.3 is 5.97 Å². The van der Waals surface area contributed by atoms with E-state index in [-0.39, 0.29) is 5.56 Å². The highest BCUT2D eigenvalue weighted by atomic mass is 32.2. The van der Waals surface area contributed by atoms with E-state index in [0.29, 0.717) is 10.7 Å². The number of benzene rings is 1. The number of nitrogens with zero attached hydrogens (tertiary/aromatic N) is 2. The Morgan fingerprint density at radius 3 is 2.78 bits per heavy atom. The maximum Gasteiger partial charge on any atom is 0.337 e. The lowest BCUT2D eigenvalue weighted by Gasteiger charge is -2.08. The zero-order valence-electron chi connectivity index (χ0n) is 9.62. The lowest BCUT2D eigenvalue weighted by molar-refractivity contribution is 0.0697. The molecule has 0 unspecified atom stereocenters. The van der Waals surface area contributed by atoms with E-state index in [1.54, 1.807) is 31.6 Å². The Balaban J connectivity index is 2.38. The third-order valence-electron chi connectivity index (χ3n) is 2.35. The molecule has 0 radical (unpaired) electrons. The molecule has 1 aromatic carbocycles. The van der Waals surface area contributed by atoms with Gasteiger partial charge in [-0.05, 0) is 24.6 Å². The number of carbonyl (C=O) groups is 1. The smallest absolute Gasteiger partial charge is 0.337 e. The number of aromatic nitrogens is 2. The van der Waals surface area contributed by atoms with Crippen LogP contribution in [0.15, 0.2) is 40.6 Å². The van der Waals surface area contributed by atoms with Crippen molar-refractivity contribution in [2.75, 3.05) is 5.73 Å². The van der Waals surface area contributed by atoms with Crippen LogP contribution < -0.4 is 5.73 Å². The zero-order chi connectivity index (χ0) is 13.1. The van der Waals surface area contributed by atoms with Gasteiger partial charge in [0, 0.05) is 23.0 Å².